The minimum Gasteiger partial charge on any atom is -0.340 e. The van der Waals surface area contributed by atoms with Crippen molar-refractivity contribution in [3.05, 3.63) is 12.8 Å². The fourth-order valence-electron chi connectivity index (χ4n) is 0.671. The lowest BCUT2D eigenvalue weighted by Crippen LogP contribution is -2.19. The van der Waals surface area contributed by atoms with Crippen molar-refractivity contribution in [1.29, 1.82) is 0 Å². The highest BCUT2D eigenvalue weighted by Crippen LogP contribution is 1.91. The van der Waals surface area contributed by atoms with E-state index < -0.39 is 0 Å². The second-order valence-corrected chi connectivity index (χ2v) is 1.79. The van der Waals surface area contributed by atoms with Crippen molar-refractivity contribution in [2.45, 2.75) is 13.3 Å². The molecule has 0 N–H and O–H groups in total. The van der Waals surface area contributed by atoms with Crippen LogP contribution in [0.1, 0.15) is 13.3 Å². The molecular weight excluding hydrogens is 112 g/mol. The molecule has 2 heteroatoms. The molecule has 0 aromatic rings. The van der Waals surface area contributed by atoms with Gasteiger partial charge in [-0.25, -0.2) is 0 Å². The Balaban J connectivity index is 3.95. The summed E-state index contributed by atoms with van der Waals surface area (Å²) in [5, 5.41) is 0. The van der Waals surface area contributed by atoms with Gasteiger partial charge in [0.2, 0.25) is 0 Å². The van der Waals surface area contributed by atoms with Gasteiger partial charge >= 0.3 is 0 Å². The first-order chi connectivity index (χ1) is 4.26. The maximum Gasteiger partial charge on any atom is 0.102 e. The molecule has 0 aliphatic heterocycles. The van der Waals surface area contributed by atoms with Crippen molar-refractivity contribution in [3.8, 4) is 0 Å². The van der Waals surface area contributed by atoms with Gasteiger partial charge in [0.15, 0.2) is 0 Å². The highest BCUT2D eigenvalue weighted by molar-refractivity contribution is 5.82. The highest BCUT2D eigenvalue weighted by atomic mass is 15.1. The molecule has 0 radical (unpaired) electrons. The molecule has 0 unspecified atom stereocenters. The molecule has 0 saturated carbocycles. The van der Waals surface area contributed by atoms with Crippen LogP contribution in [0.5, 0.6) is 0 Å². The standard InChI is InChI=1S/C7H14N2/c1-5-7(8-3)9(4)6-2/h6H,2,5H2,1,3-4H3. The molecule has 0 aromatic carbocycles. The molecule has 2 nitrogen and oxygen atoms in total. The third-order valence-corrected chi connectivity index (χ3v) is 1.26. The predicted octanol–water partition coefficient (Wildman–Crippen LogP) is 1.50. The van der Waals surface area contributed by atoms with Crippen molar-refractivity contribution in [1.82, 2.24) is 4.90 Å². The number of nitrogens with zero attached hydrogens (tertiary/aromatic N) is 2. The number of aliphatic imine (C=N–C) groups is 1. The lowest BCUT2D eigenvalue weighted by atomic mass is 10.4. The van der Waals surface area contributed by atoms with Crippen LogP contribution < -0.4 is 0 Å². The van der Waals surface area contributed by atoms with E-state index >= 15 is 0 Å². The Labute approximate surface area is 56.9 Å². The smallest absolute Gasteiger partial charge is 0.102 e. The summed E-state index contributed by atoms with van der Waals surface area (Å²) in [5.41, 5.74) is 0. The Morgan fingerprint density at radius 1 is 1.78 bits per heavy atom. The molecule has 0 heterocycles. The minimum atomic E-state index is 0.957. The van der Waals surface area contributed by atoms with Gasteiger partial charge in [-0.15, -0.1) is 0 Å². The third kappa shape index (κ3) is 2.31. The molecule has 0 spiro atoms. The van der Waals surface area contributed by atoms with Crippen LogP contribution in [-0.2, 0) is 0 Å². The minimum absolute atomic E-state index is 0.957. The summed E-state index contributed by atoms with van der Waals surface area (Å²) in [6, 6.07) is 0. The fraction of sp³-hybridized carbons (Fsp3) is 0.571. The number of hydrogen-bond acceptors (Lipinski definition) is 1. The van der Waals surface area contributed by atoms with Gasteiger partial charge in [-0.2, -0.15) is 0 Å². The molecule has 9 heavy (non-hydrogen) atoms. The van der Waals surface area contributed by atoms with E-state index in [1.54, 1.807) is 13.2 Å². The zero-order valence-corrected chi connectivity index (χ0v) is 6.39. The summed E-state index contributed by atoms with van der Waals surface area (Å²) in [4.78, 5) is 5.97. The van der Waals surface area contributed by atoms with Gasteiger partial charge in [-0.3, -0.25) is 4.99 Å². The molecule has 0 aromatic heterocycles. The van der Waals surface area contributed by atoms with Gasteiger partial charge in [0.25, 0.3) is 0 Å². The summed E-state index contributed by atoms with van der Waals surface area (Å²) in [5.74, 6) is 1.06. The molecule has 0 saturated heterocycles. The Kier molecular flexibility index (Phi) is 3.76. The van der Waals surface area contributed by atoms with Gasteiger partial charge in [0, 0.05) is 20.5 Å². The van der Waals surface area contributed by atoms with Gasteiger partial charge in [0.1, 0.15) is 5.84 Å². The molecule has 0 rings (SSSR count). The quantitative estimate of drug-likeness (QED) is 0.404. The van der Waals surface area contributed by atoms with E-state index in [-0.39, 0.29) is 0 Å². The number of rotatable bonds is 2. The Bertz CT molecular complexity index is 116. The molecule has 0 aliphatic rings. The molecule has 0 bridgehead atoms. The predicted molar refractivity (Wildman–Crippen MR) is 41.6 cm³/mol. The van der Waals surface area contributed by atoms with Crippen LogP contribution >= 0.6 is 0 Å². The van der Waals surface area contributed by atoms with E-state index in [0.717, 1.165) is 12.3 Å². The average molecular weight is 126 g/mol. The van der Waals surface area contributed by atoms with Crippen molar-refractivity contribution in [2.24, 2.45) is 4.99 Å². The van der Waals surface area contributed by atoms with Gasteiger partial charge < -0.3 is 4.90 Å². The van der Waals surface area contributed by atoms with Gasteiger partial charge in [-0.1, -0.05) is 13.5 Å². The van der Waals surface area contributed by atoms with E-state index in [9.17, 15) is 0 Å². The van der Waals surface area contributed by atoms with Crippen molar-refractivity contribution < 1.29 is 0 Å². The van der Waals surface area contributed by atoms with Crippen LogP contribution in [0.2, 0.25) is 0 Å². The summed E-state index contributed by atoms with van der Waals surface area (Å²) in [6.07, 6.45) is 2.71. The van der Waals surface area contributed by atoms with Gasteiger partial charge in [0.05, 0.1) is 0 Å². The van der Waals surface area contributed by atoms with Crippen molar-refractivity contribution in [2.75, 3.05) is 14.1 Å². The molecule has 52 valence electrons. The van der Waals surface area contributed by atoms with Gasteiger partial charge in [-0.05, 0) is 6.20 Å². The molecular formula is C7H14N2. The maximum absolute atomic E-state index is 4.05. The fourth-order valence-corrected chi connectivity index (χ4v) is 0.671. The average Bonchev–Trinajstić information content (AvgIpc) is 1.90. The van der Waals surface area contributed by atoms with Crippen LogP contribution in [0.4, 0.5) is 0 Å². The third-order valence-electron chi connectivity index (χ3n) is 1.26. The van der Waals surface area contributed by atoms with Crippen LogP contribution in [-0.4, -0.2) is 24.8 Å². The molecule has 0 fully saturated rings. The Hall–Kier alpha value is -0.790. The molecule has 0 aliphatic carbocycles. The van der Waals surface area contributed by atoms with Crippen molar-refractivity contribution >= 4 is 5.84 Å². The highest BCUT2D eigenvalue weighted by Gasteiger charge is 1.95. The Morgan fingerprint density at radius 2 is 2.33 bits per heavy atom. The summed E-state index contributed by atoms with van der Waals surface area (Å²) < 4.78 is 0. The van der Waals surface area contributed by atoms with E-state index in [1.807, 2.05) is 11.9 Å². The lowest BCUT2D eigenvalue weighted by Gasteiger charge is -2.13. The number of amidine groups is 1. The van der Waals surface area contributed by atoms with Crippen LogP contribution in [0.3, 0.4) is 0 Å². The van der Waals surface area contributed by atoms with Crippen LogP contribution in [0.25, 0.3) is 0 Å². The SMILES string of the molecule is C=CN(C)C(CC)=NC. The van der Waals surface area contributed by atoms with Crippen LogP contribution in [0, 0.1) is 0 Å². The summed E-state index contributed by atoms with van der Waals surface area (Å²) in [6.45, 7) is 5.69. The molecule has 0 amide bonds. The first-order valence-corrected chi connectivity index (χ1v) is 3.07. The van der Waals surface area contributed by atoms with Crippen molar-refractivity contribution in [3.63, 3.8) is 0 Å². The van der Waals surface area contributed by atoms with E-state index in [4.69, 9.17) is 0 Å². The van der Waals surface area contributed by atoms with E-state index in [0.29, 0.717) is 0 Å². The first-order valence-electron chi connectivity index (χ1n) is 3.07. The van der Waals surface area contributed by atoms with Crippen LogP contribution in [0.15, 0.2) is 17.8 Å². The largest absolute Gasteiger partial charge is 0.340 e. The maximum atomic E-state index is 4.05. The second kappa shape index (κ2) is 4.13. The monoisotopic (exact) mass is 126 g/mol. The molecule has 0 atom stereocenters. The zero-order valence-electron chi connectivity index (χ0n) is 6.39. The first kappa shape index (κ1) is 8.21. The summed E-state index contributed by atoms with van der Waals surface area (Å²) in [7, 11) is 3.73. The topological polar surface area (TPSA) is 15.6 Å². The number of hydrogen-bond donors (Lipinski definition) is 0. The van der Waals surface area contributed by atoms with E-state index in [1.165, 1.54) is 0 Å². The lowest BCUT2D eigenvalue weighted by molar-refractivity contribution is 0.670. The zero-order chi connectivity index (χ0) is 7.28. The second-order valence-electron chi connectivity index (χ2n) is 1.79. The Morgan fingerprint density at radius 3 is 2.44 bits per heavy atom. The summed E-state index contributed by atoms with van der Waals surface area (Å²) >= 11 is 0. The normalized spacial score (nSPS) is 11.2. The van der Waals surface area contributed by atoms with E-state index in [2.05, 4.69) is 18.5 Å².